The summed E-state index contributed by atoms with van der Waals surface area (Å²) >= 11 is 0. The van der Waals surface area contributed by atoms with E-state index in [0.717, 1.165) is 25.9 Å². The molecule has 4 nitrogen and oxygen atoms in total. The second-order valence-electron chi connectivity index (χ2n) is 12.2. The van der Waals surface area contributed by atoms with Crippen LogP contribution in [0.1, 0.15) is 57.9 Å². The van der Waals surface area contributed by atoms with E-state index in [2.05, 4.69) is 79.1 Å². The number of pyridine rings is 1. The number of likely N-dealkylation sites (N-methyl/N-ethyl adjacent to an activating group) is 1. The molecule has 1 aliphatic heterocycles. The van der Waals surface area contributed by atoms with Crippen molar-refractivity contribution >= 4 is 22.3 Å². The number of nitrogens with zero attached hydrogens (tertiary/aromatic N) is 3. The first-order valence-corrected chi connectivity index (χ1v) is 13.5. The molecule has 0 unspecified atom stereocenters. The lowest BCUT2D eigenvalue weighted by atomic mass is 9.48. The Bertz CT molecular complexity index is 1220. The molecule has 6 rings (SSSR count). The zero-order chi connectivity index (χ0) is 24.4. The third-order valence-corrected chi connectivity index (χ3v) is 10.2. The highest BCUT2D eigenvalue weighted by Crippen LogP contribution is 2.66. The van der Waals surface area contributed by atoms with Crippen molar-refractivity contribution in [2.75, 3.05) is 27.2 Å². The predicted molar refractivity (Wildman–Crippen MR) is 142 cm³/mol. The summed E-state index contributed by atoms with van der Waals surface area (Å²) in [5, 5.41) is 2.56. The number of carbonyl (C=O) groups is 1. The smallest absolute Gasteiger partial charge is 0.226 e. The molecular formula is C31H39N3O. The first-order chi connectivity index (χ1) is 16.8. The van der Waals surface area contributed by atoms with Crippen LogP contribution in [-0.4, -0.2) is 47.9 Å². The Morgan fingerprint density at radius 1 is 1.06 bits per heavy atom. The van der Waals surface area contributed by atoms with Crippen LogP contribution < -0.4 is 0 Å². The van der Waals surface area contributed by atoms with E-state index in [1.165, 1.54) is 41.3 Å². The van der Waals surface area contributed by atoms with Gasteiger partial charge in [0.05, 0.1) is 0 Å². The number of hydrogen-bond acceptors (Lipinski definition) is 3. The van der Waals surface area contributed by atoms with Crippen molar-refractivity contribution in [3.8, 4) is 0 Å². The fourth-order valence-electron chi connectivity index (χ4n) is 8.33. The molecule has 2 fully saturated rings. The molecule has 2 heterocycles. The summed E-state index contributed by atoms with van der Waals surface area (Å²) in [6.07, 6.45) is 15.4. The monoisotopic (exact) mass is 469 g/mol. The van der Waals surface area contributed by atoms with Gasteiger partial charge in [-0.15, -0.1) is 0 Å². The Morgan fingerprint density at radius 2 is 1.91 bits per heavy atom. The van der Waals surface area contributed by atoms with Gasteiger partial charge in [0.1, 0.15) is 0 Å². The molecule has 1 saturated carbocycles. The van der Waals surface area contributed by atoms with Crippen molar-refractivity contribution in [2.45, 2.75) is 52.4 Å². The van der Waals surface area contributed by atoms with E-state index < -0.39 is 0 Å². The average Bonchev–Trinajstić information content (AvgIpc) is 3.20. The molecule has 4 heteroatoms. The quantitative estimate of drug-likeness (QED) is 0.539. The summed E-state index contributed by atoms with van der Waals surface area (Å²) in [4.78, 5) is 21.7. The van der Waals surface area contributed by atoms with Crippen LogP contribution in [0.3, 0.4) is 0 Å². The second kappa shape index (κ2) is 8.30. The van der Waals surface area contributed by atoms with Gasteiger partial charge in [0, 0.05) is 48.4 Å². The van der Waals surface area contributed by atoms with Gasteiger partial charge in [-0.05, 0) is 92.0 Å². The molecule has 5 atom stereocenters. The first-order valence-electron chi connectivity index (χ1n) is 13.5. The van der Waals surface area contributed by atoms with Crippen molar-refractivity contribution in [1.82, 2.24) is 14.8 Å². The van der Waals surface area contributed by atoms with Gasteiger partial charge in [0.15, 0.2) is 0 Å². The lowest BCUT2D eigenvalue weighted by molar-refractivity contribution is -0.137. The van der Waals surface area contributed by atoms with Gasteiger partial charge in [-0.2, -0.15) is 0 Å². The Kier molecular flexibility index (Phi) is 5.45. The van der Waals surface area contributed by atoms with Crippen LogP contribution in [0.15, 0.2) is 54.5 Å². The molecule has 0 N–H and O–H groups in total. The van der Waals surface area contributed by atoms with E-state index in [1.54, 1.807) is 5.57 Å². The van der Waals surface area contributed by atoms with Crippen LogP contribution in [0.25, 0.3) is 16.3 Å². The van der Waals surface area contributed by atoms with E-state index in [9.17, 15) is 4.79 Å². The summed E-state index contributed by atoms with van der Waals surface area (Å²) in [7, 11) is 4.19. The molecule has 1 aromatic heterocycles. The molecule has 2 aromatic rings. The highest BCUT2D eigenvalue weighted by atomic mass is 16.2. The summed E-state index contributed by atoms with van der Waals surface area (Å²) in [5.41, 5.74) is 4.65. The lowest BCUT2D eigenvalue weighted by Gasteiger charge is -2.58. The van der Waals surface area contributed by atoms with Crippen molar-refractivity contribution < 1.29 is 4.79 Å². The number of benzene rings is 1. The summed E-state index contributed by atoms with van der Waals surface area (Å²) in [6.45, 7) is 6.76. The standard InChI is InChI=1S/C31H39N3O/c1-30-15-12-27-24(8-11-28-31(27,2)16-13-29(35)34(28)19-18-33(3)4)26(30)10-9-25(30)23-7-5-6-21-20-32-17-14-22(21)23/h5-7,9,11,14,17,20,24,26-27H,8,10,12-13,15-16,18-19H2,1-4H3/t24-,26-,27-,30+,31+/m0/s1. The van der Waals surface area contributed by atoms with Crippen molar-refractivity contribution in [3.05, 3.63) is 60.1 Å². The fraction of sp³-hybridized carbons (Fsp3) is 0.548. The van der Waals surface area contributed by atoms with Crippen LogP contribution in [-0.2, 0) is 4.79 Å². The lowest BCUT2D eigenvalue weighted by Crippen LogP contribution is -2.54. The third-order valence-electron chi connectivity index (χ3n) is 10.2. The number of rotatable bonds is 4. The molecule has 1 amide bonds. The van der Waals surface area contributed by atoms with Crippen molar-refractivity contribution in [1.29, 1.82) is 0 Å². The van der Waals surface area contributed by atoms with Crippen LogP contribution >= 0.6 is 0 Å². The van der Waals surface area contributed by atoms with E-state index in [0.29, 0.717) is 30.1 Å². The van der Waals surface area contributed by atoms with Gasteiger partial charge in [-0.3, -0.25) is 9.78 Å². The van der Waals surface area contributed by atoms with E-state index in [1.807, 2.05) is 12.4 Å². The maximum atomic E-state index is 13.0. The average molecular weight is 470 g/mol. The van der Waals surface area contributed by atoms with Crippen molar-refractivity contribution in [3.63, 3.8) is 0 Å². The molecule has 4 aliphatic rings. The molecule has 0 spiro atoms. The maximum Gasteiger partial charge on any atom is 0.226 e. The number of piperidine rings is 1. The molecule has 0 radical (unpaired) electrons. The van der Waals surface area contributed by atoms with Gasteiger partial charge in [-0.25, -0.2) is 0 Å². The highest BCUT2D eigenvalue weighted by molar-refractivity contribution is 5.95. The summed E-state index contributed by atoms with van der Waals surface area (Å²) in [5.74, 6) is 2.36. The minimum Gasteiger partial charge on any atom is -0.315 e. The van der Waals surface area contributed by atoms with E-state index >= 15 is 0 Å². The Morgan fingerprint density at radius 3 is 2.74 bits per heavy atom. The fourth-order valence-corrected chi connectivity index (χ4v) is 8.33. The van der Waals surface area contributed by atoms with Crippen LogP contribution in [0.5, 0.6) is 0 Å². The molecule has 0 bridgehead atoms. The Balaban J connectivity index is 1.33. The predicted octanol–water partition coefficient (Wildman–Crippen LogP) is 6.15. The molecule has 3 aliphatic carbocycles. The van der Waals surface area contributed by atoms with E-state index in [4.69, 9.17) is 0 Å². The molecule has 1 aromatic carbocycles. The number of carbonyl (C=O) groups excluding carboxylic acids is 1. The van der Waals surface area contributed by atoms with Gasteiger partial charge >= 0.3 is 0 Å². The summed E-state index contributed by atoms with van der Waals surface area (Å²) < 4.78 is 0. The van der Waals surface area contributed by atoms with E-state index in [-0.39, 0.29) is 10.8 Å². The van der Waals surface area contributed by atoms with Crippen molar-refractivity contribution in [2.24, 2.45) is 28.6 Å². The van der Waals surface area contributed by atoms with Gasteiger partial charge < -0.3 is 9.80 Å². The maximum absolute atomic E-state index is 13.0. The molecular weight excluding hydrogens is 430 g/mol. The first kappa shape index (κ1) is 23.0. The zero-order valence-corrected chi connectivity index (χ0v) is 21.8. The van der Waals surface area contributed by atoms with Crippen LogP contribution in [0.2, 0.25) is 0 Å². The highest BCUT2D eigenvalue weighted by Gasteiger charge is 2.58. The van der Waals surface area contributed by atoms with Gasteiger partial charge in [-0.1, -0.05) is 44.2 Å². The number of fused-ring (bicyclic) bond motifs is 6. The minimum atomic E-state index is 0.123. The Hall–Kier alpha value is -2.46. The second-order valence-corrected chi connectivity index (χ2v) is 12.2. The topological polar surface area (TPSA) is 36.4 Å². The number of amides is 1. The summed E-state index contributed by atoms with van der Waals surface area (Å²) in [6, 6.07) is 8.88. The van der Waals surface area contributed by atoms with Crippen LogP contribution in [0.4, 0.5) is 0 Å². The number of allylic oxidation sites excluding steroid dienone is 4. The van der Waals surface area contributed by atoms with Crippen LogP contribution in [0, 0.1) is 28.6 Å². The normalized spacial score (nSPS) is 34.4. The Labute approximate surface area is 210 Å². The molecule has 35 heavy (non-hydrogen) atoms. The number of likely N-dealkylation sites (tertiary alicyclic amines) is 1. The van der Waals surface area contributed by atoms with Gasteiger partial charge in [0.2, 0.25) is 5.91 Å². The number of aromatic nitrogens is 1. The SMILES string of the molecule is CN(C)CCN1C(=O)CC[C@@]2(C)C1=CC[C@@H]1[C@@H]2CC[C@]2(C)C(c3cccc4cnccc34)=CC[C@@H]12. The number of hydrogen-bond donors (Lipinski definition) is 0. The van der Waals surface area contributed by atoms with Gasteiger partial charge in [0.25, 0.3) is 0 Å². The third kappa shape index (κ3) is 3.43. The minimum absolute atomic E-state index is 0.123. The molecule has 1 saturated heterocycles. The largest absolute Gasteiger partial charge is 0.315 e. The zero-order valence-electron chi connectivity index (χ0n) is 21.8. The molecule has 184 valence electrons.